The quantitative estimate of drug-likeness (QED) is 0.812. The maximum atomic E-state index is 12.0. The first-order valence-corrected chi connectivity index (χ1v) is 6.89. The van der Waals surface area contributed by atoms with E-state index < -0.39 is 0 Å². The molecule has 0 saturated carbocycles. The van der Waals surface area contributed by atoms with Crippen molar-refractivity contribution in [1.82, 2.24) is 10.3 Å². The van der Waals surface area contributed by atoms with Crippen LogP contribution in [0.2, 0.25) is 0 Å². The van der Waals surface area contributed by atoms with Crippen molar-refractivity contribution in [3.8, 4) is 0 Å². The Hall–Kier alpha value is -2.30. The zero-order valence-electron chi connectivity index (χ0n) is 11.5. The van der Waals surface area contributed by atoms with Crippen LogP contribution >= 0.6 is 0 Å². The van der Waals surface area contributed by atoms with Gasteiger partial charge in [-0.2, -0.15) is 0 Å². The average molecular weight is 270 g/mol. The van der Waals surface area contributed by atoms with Gasteiger partial charge in [-0.15, -0.1) is 0 Å². The second kappa shape index (κ2) is 5.00. The number of rotatable bonds is 2. The molecule has 0 radical (unpaired) electrons. The Morgan fingerprint density at radius 1 is 1.45 bits per heavy atom. The Labute approximate surface area is 117 Å². The molecule has 1 aromatic carbocycles. The van der Waals surface area contributed by atoms with Crippen molar-refractivity contribution in [3.63, 3.8) is 0 Å². The molecule has 1 fully saturated rings. The molecule has 1 aromatic heterocycles. The smallest absolute Gasteiger partial charge is 0.242 e. The summed E-state index contributed by atoms with van der Waals surface area (Å²) in [5, 5.41) is 4.91. The van der Waals surface area contributed by atoms with Gasteiger partial charge in [0.25, 0.3) is 0 Å². The van der Waals surface area contributed by atoms with Gasteiger partial charge in [0.2, 0.25) is 5.91 Å². The number of nitrogen functional groups attached to an aromatic ring is 1. The second-order valence-electron chi connectivity index (χ2n) is 5.00. The third kappa shape index (κ3) is 1.95. The molecular formula is C15H18N4O. The Morgan fingerprint density at radius 3 is 3.10 bits per heavy atom. The maximum absolute atomic E-state index is 12.0. The summed E-state index contributed by atoms with van der Waals surface area (Å²) in [6.45, 7) is 3.46. The largest absolute Gasteiger partial charge is 0.397 e. The van der Waals surface area contributed by atoms with Crippen LogP contribution in [0.3, 0.4) is 0 Å². The van der Waals surface area contributed by atoms with Crippen LogP contribution in [0.5, 0.6) is 0 Å². The highest BCUT2D eigenvalue weighted by molar-refractivity contribution is 6.00. The fraction of sp³-hybridized carbons (Fsp3) is 0.333. The lowest BCUT2D eigenvalue weighted by molar-refractivity contribution is -0.123. The number of nitrogens with two attached hydrogens (primary N) is 1. The van der Waals surface area contributed by atoms with Crippen molar-refractivity contribution >= 4 is 28.1 Å². The van der Waals surface area contributed by atoms with Gasteiger partial charge in [-0.3, -0.25) is 9.78 Å². The monoisotopic (exact) mass is 270 g/mol. The van der Waals surface area contributed by atoms with Gasteiger partial charge in [0, 0.05) is 36.3 Å². The highest BCUT2D eigenvalue weighted by atomic mass is 16.2. The lowest BCUT2D eigenvalue weighted by Crippen LogP contribution is -2.55. The highest BCUT2D eigenvalue weighted by Crippen LogP contribution is 2.33. The molecule has 20 heavy (non-hydrogen) atoms. The van der Waals surface area contributed by atoms with Gasteiger partial charge in [-0.1, -0.05) is 13.0 Å². The van der Waals surface area contributed by atoms with Gasteiger partial charge in [0.1, 0.15) is 6.04 Å². The van der Waals surface area contributed by atoms with Crippen LogP contribution in [0.25, 0.3) is 10.8 Å². The van der Waals surface area contributed by atoms with Crippen molar-refractivity contribution in [1.29, 1.82) is 0 Å². The molecule has 1 aliphatic rings. The molecule has 1 unspecified atom stereocenters. The number of carbonyl (C=O) groups is 1. The minimum atomic E-state index is -0.148. The molecule has 0 aliphatic carbocycles. The topological polar surface area (TPSA) is 71.2 Å². The molecule has 2 heterocycles. The van der Waals surface area contributed by atoms with Crippen LogP contribution in [0, 0.1) is 0 Å². The number of amides is 1. The van der Waals surface area contributed by atoms with Gasteiger partial charge < -0.3 is 16.0 Å². The third-order valence-electron chi connectivity index (χ3n) is 3.87. The first-order valence-electron chi connectivity index (χ1n) is 6.89. The maximum Gasteiger partial charge on any atom is 0.242 e. The number of fused-ring (bicyclic) bond motifs is 1. The molecule has 5 nitrogen and oxygen atoms in total. The Bertz CT molecular complexity index is 655. The van der Waals surface area contributed by atoms with E-state index in [1.54, 1.807) is 12.4 Å². The molecule has 5 heteroatoms. The SMILES string of the molecule is CCC1C(=O)NCCN1c1ccc2cnccc2c1N. The number of hydrogen-bond donors (Lipinski definition) is 2. The number of nitrogens with one attached hydrogen (secondary N) is 1. The summed E-state index contributed by atoms with van der Waals surface area (Å²) >= 11 is 0. The van der Waals surface area contributed by atoms with Crippen LogP contribution in [0.1, 0.15) is 13.3 Å². The van der Waals surface area contributed by atoms with E-state index in [4.69, 9.17) is 5.73 Å². The minimum absolute atomic E-state index is 0.0768. The zero-order chi connectivity index (χ0) is 14.1. The lowest BCUT2D eigenvalue weighted by atomic mass is 10.0. The number of pyridine rings is 1. The first kappa shape index (κ1) is 12.7. The summed E-state index contributed by atoms with van der Waals surface area (Å²) in [7, 11) is 0. The summed E-state index contributed by atoms with van der Waals surface area (Å²) in [5.41, 5.74) is 7.97. The van der Waals surface area contributed by atoms with Gasteiger partial charge in [-0.05, 0) is 18.6 Å². The van der Waals surface area contributed by atoms with E-state index in [0.717, 1.165) is 35.1 Å². The van der Waals surface area contributed by atoms with E-state index in [0.29, 0.717) is 6.54 Å². The summed E-state index contributed by atoms with van der Waals surface area (Å²) in [6, 6.07) is 5.76. The Balaban J connectivity index is 2.09. The molecule has 2 aromatic rings. The standard InChI is InChI=1S/C15H18N4O/c1-2-12-15(20)18-7-8-19(12)13-4-3-10-9-17-6-5-11(10)14(13)16/h3-6,9,12H,2,7-8,16H2,1H3,(H,18,20). The van der Waals surface area contributed by atoms with E-state index in [1.807, 2.05) is 25.1 Å². The minimum Gasteiger partial charge on any atom is -0.397 e. The van der Waals surface area contributed by atoms with Crippen molar-refractivity contribution in [3.05, 3.63) is 30.6 Å². The van der Waals surface area contributed by atoms with E-state index in [-0.39, 0.29) is 11.9 Å². The van der Waals surface area contributed by atoms with Crippen LogP contribution < -0.4 is 16.0 Å². The normalized spacial score (nSPS) is 19.1. The van der Waals surface area contributed by atoms with Gasteiger partial charge in [-0.25, -0.2) is 0 Å². The molecule has 104 valence electrons. The van der Waals surface area contributed by atoms with Crippen LogP contribution in [0.4, 0.5) is 11.4 Å². The van der Waals surface area contributed by atoms with Crippen molar-refractivity contribution in [2.75, 3.05) is 23.7 Å². The van der Waals surface area contributed by atoms with Crippen molar-refractivity contribution < 1.29 is 4.79 Å². The average Bonchev–Trinajstić information content (AvgIpc) is 2.48. The molecule has 3 N–H and O–H groups in total. The molecule has 3 rings (SSSR count). The number of aromatic nitrogens is 1. The van der Waals surface area contributed by atoms with E-state index in [9.17, 15) is 4.79 Å². The first-order chi connectivity index (χ1) is 9.72. The molecule has 0 bridgehead atoms. The van der Waals surface area contributed by atoms with Crippen molar-refractivity contribution in [2.24, 2.45) is 0 Å². The highest BCUT2D eigenvalue weighted by Gasteiger charge is 2.29. The second-order valence-corrected chi connectivity index (χ2v) is 5.00. The molecule has 0 spiro atoms. The summed E-state index contributed by atoms with van der Waals surface area (Å²) in [5.74, 6) is 0.0768. The van der Waals surface area contributed by atoms with E-state index in [1.165, 1.54) is 0 Å². The van der Waals surface area contributed by atoms with Gasteiger partial charge >= 0.3 is 0 Å². The molecular weight excluding hydrogens is 252 g/mol. The third-order valence-corrected chi connectivity index (χ3v) is 3.87. The van der Waals surface area contributed by atoms with Gasteiger partial charge in [0.15, 0.2) is 0 Å². The van der Waals surface area contributed by atoms with Crippen molar-refractivity contribution in [2.45, 2.75) is 19.4 Å². The molecule has 1 amide bonds. The fourth-order valence-electron chi connectivity index (χ4n) is 2.84. The number of benzene rings is 1. The number of piperazine rings is 1. The van der Waals surface area contributed by atoms with Crippen LogP contribution in [-0.4, -0.2) is 30.0 Å². The lowest BCUT2D eigenvalue weighted by Gasteiger charge is -2.37. The summed E-state index contributed by atoms with van der Waals surface area (Å²) in [4.78, 5) is 18.2. The summed E-state index contributed by atoms with van der Waals surface area (Å²) in [6.07, 6.45) is 4.30. The van der Waals surface area contributed by atoms with Crippen LogP contribution in [-0.2, 0) is 4.79 Å². The molecule has 1 saturated heterocycles. The molecule has 1 atom stereocenters. The number of hydrogen-bond acceptors (Lipinski definition) is 4. The Morgan fingerprint density at radius 2 is 2.30 bits per heavy atom. The summed E-state index contributed by atoms with van der Waals surface area (Å²) < 4.78 is 0. The number of anilines is 2. The van der Waals surface area contributed by atoms with E-state index in [2.05, 4.69) is 15.2 Å². The number of carbonyl (C=O) groups excluding carboxylic acids is 1. The predicted octanol–water partition coefficient (Wildman–Crippen LogP) is 1.53. The Kier molecular flexibility index (Phi) is 3.18. The molecule has 1 aliphatic heterocycles. The predicted molar refractivity (Wildman–Crippen MR) is 80.6 cm³/mol. The fourth-order valence-corrected chi connectivity index (χ4v) is 2.84. The zero-order valence-corrected chi connectivity index (χ0v) is 11.5. The van der Waals surface area contributed by atoms with E-state index >= 15 is 0 Å². The number of nitrogens with zero attached hydrogens (tertiary/aromatic N) is 2. The van der Waals surface area contributed by atoms with Gasteiger partial charge in [0.05, 0.1) is 11.4 Å². The van der Waals surface area contributed by atoms with Crippen LogP contribution in [0.15, 0.2) is 30.6 Å².